The number of aliphatic hydroxyl groups excluding tert-OH is 1. The number of carbonyl (C=O) groups is 1. The number of nitrogens with zero attached hydrogens (tertiary/aromatic N) is 6. The molecule has 1 amide bonds. The number of rotatable bonds is 9. The normalized spacial score (nSPS) is 19.4. The van der Waals surface area contributed by atoms with Crippen LogP contribution in [-0.2, 0) is 16.1 Å². The third kappa shape index (κ3) is 6.76. The number of para-hydroxylation sites is 3. The Hall–Kier alpha value is -5.01. The van der Waals surface area contributed by atoms with Crippen LogP contribution in [0.2, 0.25) is 0 Å². The van der Waals surface area contributed by atoms with Crippen molar-refractivity contribution in [2.75, 3.05) is 11.1 Å². The van der Waals surface area contributed by atoms with Gasteiger partial charge in [-0.05, 0) is 58.0 Å². The van der Waals surface area contributed by atoms with E-state index in [1.54, 1.807) is 4.68 Å². The fraction of sp³-hybridized carbons (Fsp3) is 0.200. The van der Waals surface area contributed by atoms with Crippen LogP contribution in [0.5, 0.6) is 0 Å². The molecule has 1 aliphatic rings. The molecule has 0 saturated carbocycles. The zero-order chi connectivity index (χ0) is 32.2. The fourth-order valence-electron chi connectivity index (χ4n) is 5.49. The Bertz CT molecular complexity index is 1990. The second kappa shape index (κ2) is 13.8. The van der Waals surface area contributed by atoms with E-state index in [-0.39, 0.29) is 36.3 Å². The Labute approximate surface area is 275 Å². The molecule has 236 valence electrons. The minimum Gasteiger partial charge on any atom is -0.392 e. The van der Waals surface area contributed by atoms with Crippen molar-refractivity contribution in [3.63, 3.8) is 0 Å². The molecular formula is C35H31N7O4S. The van der Waals surface area contributed by atoms with Gasteiger partial charge in [-0.25, -0.2) is 4.98 Å². The number of hydrogen-bond acceptors (Lipinski definition) is 10. The molecule has 2 aromatic heterocycles. The molecule has 2 N–H and O–H groups in total. The lowest BCUT2D eigenvalue weighted by Gasteiger charge is -2.41. The number of thioether (sulfide) groups is 1. The number of nitrogens with one attached hydrogen (secondary N) is 1. The monoisotopic (exact) mass is 645 g/mol. The van der Waals surface area contributed by atoms with Gasteiger partial charge in [0, 0.05) is 22.9 Å². The minimum atomic E-state index is -0.721. The van der Waals surface area contributed by atoms with E-state index in [1.165, 1.54) is 18.0 Å². The third-order valence-electron chi connectivity index (χ3n) is 8.04. The summed E-state index contributed by atoms with van der Waals surface area (Å²) in [7, 11) is 0. The summed E-state index contributed by atoms with van der Waals surface area (Å²) >= 11 is 1.51. The highest BCUT2D eigenvalue weighted by Gasteiger charge is 2.38. The van der Waals surface area contributed by atoms with Gasteiger partial charge in [-0.2, -0.15) is 4.68 Å². The Morgan fingerprint density at radius 2 is 1.70 bits per heavy atom. The smallest absolute Gasteiger partial charge is 0.275 e. The maximum absolute atomic E-state index is 13.1. The zero-order valence-electron chi connectivity index (χ0n) is 25.4. The van der Waals surface area contributed by atoms with E-state index in [0.29, 0.717) is 22.1 Å². The van der Waals surface area contributed by atoms with Gasteiger partial charge >= 0.3 is 0 Å². The summed E-state index contributed by atoms with van der Waals surface area (Å²) in [5.41, 5.74) is 5.58. The van der Waals surface area contributed by atoms with Crippen LogP contribution >= 0.6 is 11.8 Å². The molecule has 0 spiro atoms. The molecule has 11 nitrogen and oxygen atoms in total. The maximum atomic E-state index is 13.1. The minimum absolute atomic E-state index is 0.0332. The van der Waals surface area contributed by atoms with Gasteiger partial charge in [0.2, 0.25) is 5.16 Å². The zero-order valence-corrected chi connectivity index (χ0v) is 26.2. The van der Waals surface area contributed by atoms with Crippen molar-refractivity contribution in [2.45, 2.75) is 37.2 Å². The topological polar surface area (TPSA) is 137 Å². The van der Waals surface area contributed by atoms with Crippen molar-refractivity contribution in [1.29, 1.82) is 0 Å². The average Bonchev–Trinajstić information content (AvgIpc) is 3.60. The number of carbonyl (C=O) groups excluding carboxylic acids is 1. The molecule has 3 heterocycles. The van der Waals surface area contributed by atoms with E-state index in [1.807, 2.05) is 103 Å². The van der Waals surface area contributed by atoms with Crippen molar-refractivity contribution >= 4 is 34.4 Å². The first kappa shape index (κ1) is 30.6. The van der Waals surface area contributed by atoms with Gasteiger partial charge in [-0.3, -0.25) is 9.78 Å². The highest BCUT2D eigenvalue weighted by Crippen LogP contribution is 2.43. The summed E-state index contributed by atoms with van der Waals surface area (Å²) in [6.07, 6.45) is 0.206. The second-order valence-electron chi connectivity index (χ2n) is 11.2. The van der Waals surface area contributed by atoms with Crippen LogP contribution in [0.15, 0.2) is 114 Å². The summed E-state index contributed by atoms with van der Waals surface area (Å²) in [4.78, 5) is 22.0. The molecule has 12 heteroatoms. The van der Waals surface area contributed by atoms with Gasteiger partial charge < -0.3 is 19.9 Å². The molecular weight excluding hydrogens is 614 g/mol. The molecule has 0 radical (unpaired) electrons. The first-order chi connectivity index (χ1) is 23.1. The van der Waals surface area contributed by atoms with Crippen LogP contribution in [0, 0.1) is 5.92 Å². The van der Waals surface area contributed by atoms with E-state index in [2.05, 4.69) is 37.7 Å². The number of ether oxygens (including phenoxy) is 2. The van der Waals surface area contributed by atoms with Gasteiger partial charge in [-0.1, -0.05) is 85.4 Å². The number of anilines is 1. The molecule has 1 aliphatic heterocycles. The van der Waals surface area contributed by atoms with Gasteiger partial charge in [-0.15, -0.1) is 5.10 Å². The number of aliphatic hydroxyl groups is 1. The lowest BCUT2D eigenvalue weighted by atomic mass is 9.91. The Morgan fingerprint density at radius 1 is 0.915 bits per heavy atom. The number of benzene rings is 4. The Balaban J connectivity index is 1.13. The molecule has 1 saturated heterocycles. The first-order valence-electron chi connectivity index (χ1n) is 15.2. The number of amides is 1. The number of hydrogen-bond donors (Lipinski definition) is 2. The number of tetrazole rings is 1. The molecule has 0 unspecified atom stereocenters. The van der Waals surface area contributed by atoms with Crippen LogP contribution in [0.1, 0.15) is 46.5 Å². The molecule has 0 aliphatic carbocycles. The van der Waals surface area contributed by atoms with E-state index >= 15 is 0 Å². The van der Waals surface area contributed by atoms with Crippen LogP contribution in [-0.4, -0.2) is 53.0 Å². The van der Waals surface area contributed by atoms with Gasteiger partial charge in [0.1, 0.15) is 5.69 Å². The van der Waals surface area contributed by atoms with Crippen LogP contribution in [0.3, 0.4) is 0 Å². The largest absolute Gasteiger partial charge is 0.392 e. The van der Waals surface area contributed by atoms with E-state index in [9.17, 15) is 9.90 Å². The number of fused-ring (bicyclic) bond motifs is 1. The summed E-state index contributed by atoms with van der Waals surface area (Å²) in [5.74, 6) is 0.164. The quantitative estimate of drug-likeness (QED) is 0.182. The Kier molecular flexibility index (Phi) is 8.98. The summed E-state index contributed by atoms with van der Waals surface area (Å²) in [6.45, 7) is 2.07. The molecule has 0 bridgehead atoms. The lowest BCUT2D eigenvalue weighted by molar-refractivity contribution is -0.268. The summed E-state index contributed by atoms with van der Waals surface area (Å²) in [6, 6.07) is 32.3. The molecule has 6 aromatic rings. The fourth-order valence-corrected chi connectivity index (χ4v) is 6.55. The molecule has 47 heavy (non-hydrogen) atoms. The van der Waals surface area contributed by atoms with Gasteiger partial charge in [0.25, 0.3) is 5.91 Å². The third-order valence-corrected chi connectivity index (χ3v) is 9.05. The van der Waals surface area contributed by atoms with Gasteiger partial charge in [0.15, 0.2) is 6.29 Å². The van der Waals surface area contributed by atoms with Gasteiger partial charge in [0.05, 0.1) is 41.7 Å². The van der Waals surface area contributed by atoms with E-state index in [0.717, 1.165) is 27.9 Å². The van der Waals surface area contributed by atoms with E-state index in [4.69, 9.17) is 9.47 Å². The SMILES string of the molecule is C[C@@H]1[C@H](CSc2nnnn2-c2ccccc2)O[C@H](c2cccc(NC(=O)c3cnc4ccccc4n3)c2)O[C@@H]1c1ccc(CO)cc1. The Morgan fingerprint density at radius 3 is 2.51 bits per heavy atom. The van der Waals surface area contributed by atoms with Crippen LogP contribution in [0.25, 0.3) is 16.7 Å². The molecule has 4 atom stereocenters. The lowest BCUT2D eigenvalue weighted by Crippen LogP contribution is -2.38. The maximum Gasteiger partial charge on any atom is 0.275 e. The summed E-state index contributed by atoms with van der Waals surface area (Å²) in [5, 5.41) is 25.5. The van der Waals surface area contributed by atoms with Crippen molar-refractivity contribution in [1.82, 2.24) is 30.2 Å². The first-order valence-corrected chi connectivity index (χ1v) is 16.1. The van der Waals surface area contributed by atoms with Crippen LogP contribution < -0.4 is 5.32 Å². The van der Waals surface area contributed by atoms with Crippen molar-refractivity contribution in [3.8, 4) is 5.69 Å². The second-order valence-corrected chi connectivity index (χ2v) is 12.2. The molecule has 7 rings (SSSR count). The predicted molar refractivity (Wildman–Crippen MR) is 177 cm³/mol. The highest BCUT2D eigenvalue weighted by atomic mass is 32.2. The average molecular weight is 646 g/mol. The standard InChI is InChI=1S/C35H31N7O4S/c1-22-31(21-47-35-39-40-41-42(35)27-10-3-2-4-11-27)45-34(46-32(22)24-16-14-23(20-43)15-17-24)25-8-7-9-26(18-25)37-33(44)30-19-36-28-12-5-6-13-29(28)38-30/h2-19,22,31-32,34,43H,20-21H2,1H3,(H,37,44)/t22-,31+,32+,34+/m1/s1. The number of aromatic nitrogens is 6. The predicted octanol–water partition coefficient (Wildman–Crippen LogP) is 5.93. The highest BCUT2D eigenvalue weighted by molar-refractivity contribution is 7.99. The molecule has 1 fully saturated rings. The van der Waals surface area contributed by atoms with E-state index < -0.39 is 6.29 Å². The summed E-state index contributed by atoms with van der Waals surface area (Å²) < 4.78 is 15.0. The van der Waals surface area contributed by atoms with Crippen molar-refractivity contribution in [2.24, 2.45) is 5.92 Å². The van der Waals surface area contributed by atoms with Crippen molar-refractivity contribution < 1.29 is 19.4 Å². The van der Waals surface area contributed by atoms with Crippen molar-refractivity contribution in [3.05, 3.63) is 132 Å². The van der Waals surface area contributed by atoms with Crippen LogP contribution in [0.4, 0.5) is 5.69 Å². The molecule has 4 aromatic carbocycles.